The summed E-state index contributed by atoms with van der Waals surface area (Å²) in [7, 11) is 0. The molecule has 4 heteroatoms. The summed E-state index contributed by atoms with van der Waals surface area (Å²) in [5.74, 6) is 0. The number of rotatable bonds is 1. The molecule has 1 unspecified atom stereocenters. The van der Waals surface area contributed by atoms with E-state index in [1.165, 1.54) is 0 Å². The Hall–Kier alpha value is -0.540. The van der Waals surface area contributed by atoms with Gasteiger partial charge in [-0.25, -0.2) is 0 Å². The number of aromatic nitrogens is 2. The maximum Gasteiger partial charge on any atom is 0.157 e. The quantitative estimate of drug-likeness (QED) is 0.608. The summed E-state index contributed by atoms with van der Waals surface area (Å²) in [6, 6.07) is 0. The van der Waals surface area contributed by atoms with E-state index in [9.17, 15) is 0 Å². The van der Waals surface area contributed by atoms with Gasteiger partial charge in [0, 0.05) is 11.3 Å². The van der Waals surface area contributed by atoms with Gasteiger partial charge in [-0.1, -0.05) is 11.6 Å². The normalized spacial score (nSPS) is 13.6. The number of hydrogen-bond acceptors (Lipinski definition) is 2. The first-order valence-corrected chi connectivity index (χ1v) is 3.40. The van der Waals surface area contributed by atoms with Crippen LogP contribution >= 0.6 is 11.6 Å². The molecule has 0 bridgehead atoms. The molecule has 0 aliphatic heterocycles. The number of aryl methyl sites for hydroxylation is 2. The van der Waals surface area contributed by atoms with E-state index in [-0.39, 0.29) is 0 Å². The van der Waals surface area contributed by atoms with Gasteiger partial charge in [0.2, 0.25) is 0 Å². The van der Waals surface area contributed by atoms with Crippen molar-refractivity contribution in [1.29, 1.82) is 0 Å². The van der Waals surface area contributed by atoms with E-state index in [0.717, 1.165) is 11.4 Å². The number of nitrogens with one attached hydrogen (secondary N) is 1. The summed E-state index contributed by atoms with van der Waals surface area (Å²) in [6.07, 6.45) is 0. The largest absolute Gasteiger partial charge is 0.373 e. The van der Waals surface area contributed by atoms with Crippen LogP contribution < -0.4 is 0 Å². The van der Waals surface area contributed by atoms with Crippen molar-refractivity contribution in [3.05, 3.63) is 17.0 Å². The molecule has 10 heavy (non-hydrogen) atoms. The summed E-state index contributed by atoms with van der Waals surface area (Å²) in [4.78, 5) is 0. The van der Waals surface area contributed by atoms with Gasteiger partial charge in [-0.05, 0) is 13.8 Å². The number of aliphatic hydroxyl groups is 1. The van der Waals surface area contributed by atoms with E-state index < -0.39 is 5.56 Å². The molecule has 0 radical (unpaired) electrons. The van der Waals surface area contributed by atoms with Gasteiger partial charge in [0.15, 0.2) is 5.56 Å². The minimum absolute atomic E-state index is 0.682. The third kappa shape index (κ3) is 1.15. The zero-order valence-corrected chi connectivity index (χ0v) is 6.61. The topological polar surface area (TPSA) is 48.9 Å². The zero-order valence-electron chi connectivity index (χ0n) is 5.85. The number of hydrogen-bond donors (Lipinski definition) is 2. The number of aromatic amines is 1. The second kappa shape index (κ2) is 2.60. The number of alkyl halides is 1. The molecule has 1 rings (SSSR count). The zero-order chi connectivity index (χ0) is 7.72. The first-order chi connectivity index (χ1) is 4.63. The van der Waals surface area contributed by atoms with Crippen molar-refractivity contribution < 1.29 is 5.11 Å². The molecule has 0 aliphatic carbocycles. The van der Waals surface area contributed by atoms with Crippen LogP contribution in [-0.4, -0.2) is 15.3 Å². The van der Waals surface area contributed by atoms with Crippen molar-refractivity contribution in [2.24, 2.45) is 0 Å². The number of nitrogens with zero attached hydrogens (tertiary/aromatic N) is 1. The van der Waals surface area contributed by atoms with Crippen molar-refractivity contribution in [2.75, 3.05) is 0 Å². The Bertz CT molecular complexity index is 212. The molecule has 0 aromatic carbocycles. The Kier molecular flexibility index (Phi) is 1.97. The molecule has 3 nitrogen and oxygen atoms in total. The van der Waals surface area contributed by atoms with E-state index in [1.54, 1.807) is 6.92 Å². The molecular formula is C6H9ClN2O. The fraction of sp³-hybridized carbons (Fsp3) is 0.500. The van der Waals surface area contributed by atoms with Gasteiger partial charge < -0.3 is 5.11 Å². The first kappa shape index (κ1) is 7.57. The molecule has 1 atom stereocenters. The Morgan fingerprint density at radius 2 is 2.20 bits per heavy atom. The summed E-state index contributed by atoms with van der Waals surface area (Å²) in [5, 5.41) is 15.6. The second-order valence-corrected chi connectivity index (χ2v) is 2.60. The summed E-state index contributed by atoms with van der Waals surface area (Å²) < 4.78 is 0. The van der Waals surface area contributed by atoms with Crippen molar-refractivity contribution in [3.8, 4) is 0 Å². The second-order valence-electron chi connectivity index (χ2n) is 2.18. The molecule has 56 valence electrons. The predicted molar refractivity (Wildman–Crippen MR) is 38.9 cm³/mol. The van der Waals surface area contributed by atoms with Gasteiger partial charge in [0.05, 0.1) is 5.69 Å². The number of aliphatic hydroxyl groups excluding tert-OH is 1. The molecule has 1 heterocycles. The lowest BCUT2D eigenvalue weighted by Gasteiger charge is -1.99. The summed E-state index contributed by atoms with van der Waals surface area (Å²) >= 11 is 5.45. The van der Waals surface area contributed by atoms with Crippen LogP contribution in [0.15, 0.2) is 0 Å². The van der Waals surface area contributed by atoms with Crippen LogP contribution in [-0.2, 0) is 0 Å². The van der Waals surface area contributed by atoms with Crippen LogP contribution in [0.3, 0.4) is 0 Å². The Morgan fingerprint density at radius 1 is 1.60 bits per heavy atom. The lowest BCUT2D eigenvalue weighted by molar-refractivity contribution is 0.261. The molecule has 0 fully saturated rings. The fourth-order valence-electron chi connectivity index (χ4n) is 0.911. The van der Waals surface area contributed by atoms with Gasteiger partial charge in [0.25, 0.3) is 0 Å². The minimum atomic E-state index is -0.946. The highest BCUT2D eigenvalue weighted by atomic mass is 35.5. The van der Waals surface area contributed by atoms with E-state index in [4.69, 9.17) is 16.7 Å². The molecule has 1 aromatic heterocycles. The Morgan fingerprint density at radius 3 is 2.40 bits per heavy atom. The maximum absolute atomic E-state index is 8.98. The molecule has 0 aliphatic rings. The standard InChI is InChI=1S/C6H9ClN2O/c1-3-5(6(7)10)4(2)9-8-3/h6,10H,1-2H3,(H,8,9). The van der Waals surface area contributed by atoms with Crippen molar-refractivity contribution >= 4 is 11.6 Å². The average Bonchev–Trinajstić information content (AvgIpc) is 2.11. The molecule has 0 saturated heterocycles. The Balaban J connectivity index is 3.10. The number of halogens is 1. The van der Waals surface area contributed by atoms with Crippen LogP contribution in [0, 0.1) is 13.8 Å². The Labute approximate surface area is 64.0 Å². The highest BCUT2D eigenvalue weighted by Crippen LogP contribution is 2.21. The van der Waals surface area contributed by atoms with E-state index >= 15 is 0 Å². The van der Waals surface area contributed by atoms with Crippen molar-refractivity contribution in [1.82, 2.24) is 10.2 Å². The monoisotopic (exact) mass is 160 g/mol. The number of H-pyrrole nitrogens is 1. The smallest absolute Gasteiger partial charge is 0.157 e. The van der Waals surface area contributed by atoms with Crippen molar-refractivity contribution in [2.45, 2.75) is 19.4 Å². The molecule has 0 saturated carbocycles. The predicted octanol–water partition coefficient (Wildman–Crippen LogP) is 1.26. The van der Waals surface area contributed by atoms with Gasteiger partial charge >= 0.3 is 0 Å². The van der Waals surface area contributed by atoms with Crippen LogP contribution in [0.1, 0.15) is 22.5 Å². The summed E-state index contributed by atoms with van der Waals surface area (Å²) in [5.41, 5.74) is 1.31. The van der Waals surface area contributed by atoms with E-state index in [0.29, 0.717) is 5.56 Å². The van der Waals surface area contributed by atoms with Crippen LogP contribution in [0.25, 0.3) is 0 Å². The van der Waals surface area contributed by atoms with E-state index in [1.807, 2.05) is 6.92 Å². The third-order valence-electron chi connectivity index (χ3n) is 1.42. The molecular weight excluding hydrogens is 152 g/mol. The molecule has 1 aromatic rings. The average molecular weight is 161 g/mol. The highest BCUT2D eigenvalue weighted by Gasteiger charge is 2.12. The molecule has 0 spiro atoms. The van der Waals surface area contributed by atoms with Gasteiger partial charge in [-0.15, -0.1) is 0 Å². The molecule has 0 amide bonds. The SMILES string of the molecule is Cc1n[nH]c(C)c1C(O)Cl. The lowest BCUT2D eigenvalue weighted by atomic mass is 10.2. The minimum Gasteiger partial charge on any atom is -0.373 e. The third-order valence-corrected chi connectivity index (χ3v) is 1.64. The van der Waals surface area contributed by atoms with Crippen LogP contribution in [0.4, 0.5) is 0 Å². The first-order valence-electron chi connectivity index (χ1n) is 2.96. The van der Waals surface area contributed by atoms with Gasteiger partial charge in [-0.2, -0.15) is 5.10 Å². The van der Waals surface area contributed by atoms with Gasteiger partial charge in [-0.3, -0.25) is 5.10 Å². The summed E-state index contributed by atoms with van der Waals surface area (Å²) in [6.45, 7) is 3.62. The van der Waals surface area contributed by atoms with E-state index in [2.05, 4.69) is 10.2 Å². The van der Waals surface area contributed by atoms with Crippen molar-refractivity contribution in [3.63, 3.8) is 0 Å². The maximum atomic E-state index is 8.98. The van der Waals surface area contributed by atoms with Crippen LogP contribution in [0.5, 0.6) is 0 Å². The van der Waals surface area contributed by atoms with Crippen LogP contribution in [0.2, 0.25) is 0 Å². The lowest BCUT2D eigenvalue weighted by Crippen LogP contribution is -1.90. The van der Waals surface area contributed by atoms with Gasteiger partial charge in [0.1, 0.15) is 0 Å². The molecule has 2 N–H and O–H groups in total. The highest BCUT2D eigenvalue weighted by molar-refractivity contribution is 6.19. The fourth-order valence-corrected chi connectivity index (χ4v) is 1.23.